The first-order valence-electron chi connectivity index (χ1n) is 4.72. The van der Waals surface area contributed by atoms with E-state index in [1.54, 1.807) is 11.8 Å². The molecular formula is C9H19NOS2. The van der Waals surface area contributed by atoms with Gasteiger partial charge in [-0.05, 0) is 27.7 Å². The van der Waals surface area contributed by atoms with Gasteiger partial charge in [-0.2, -0.15) is 0 Å². The minimum Gasteiger partial charge on any atom is -0.368 e. The molecule has 0 saturated carbocycles. The maximum Gasteiger partial charge on any atom is 0.138 e. The first-order chi connectivity index (χ1) is 6.15. The lowest BCUT2D eigenvalue weighted by atomic mass is 10.6. The van der Waals surface area contributed by atoms with Crippen molar-refractivity contribution in [2.75, 3.05) is 19.7 Å². The van der Waals surface area contributed by atoms with Gasteiger partial charge < -0.3 is 9.64 Å². The second-order valence-electron chi connectivity index (χ2n) is 2.58. The molecule has 0 rings (SSSR count). The van der Waals surface area contributed by atoms with Crippen LogP contribution in [-0.4, -0.2) is 34.4 Å². The highest BCUT2D eigenvalue weighted by molar-refractivity contribution is 8.23. The number of ether oxygens (including phenoxy) is 1. The largest absolute Gasteiger partial charge is 0.368 e. The summed E-state index contributed by atoms with van der Waals surface area (Å²) < 4.78 is 6.34. The van der Waals surface area contributed by atoms with Gasteiger partial charge in [0.1, 0.15) is 9.76 Å². The van der Waals surface area contributed by atoms with Crippen LogP contribution in [0, 0.1) is 0 Å². The summed E-state index contributed by atoms with van der Waals surface area (Å²) in [6.07, 6.45) is 0. The topological polar surface area (TPSA) is 12.5 Å². The van der Waals surface area contributed by atoms with E-state index in [4.69, 9.17) is 17.0 Å². The molecule has 0 unspecified atom stereocenters. The summed E-state index contributed by atoms with van der Waals surface area (Å²) in [5.41, 5.74) is 0.165. The number of thioether (sulfide) groups is 1. The third-order valence-corrected chi connectivity index (χ3v) is 3.16. The molecule has 0 spiro atoms. The Labute approximate surface area is 91.0 Å². The first kappa shape index (κ1) is 13.2. The average molecular weight is 221 g/mol. The van der Waals surface area contributed by atoms with Gasteiger partial charge in [0.25, 0.3) is 0 Å². The van der Waals surface area contributed by atoms with Gasteiger partial charge in [0.15, 0.2) is 0 Å². The van der Waals surface area contributed by atoms with Crippen molar-refractivity contribution < 1.29 is 4.74 Å². The Bertz CT molecular complexity index is 149. The standard InChI is InChI=1S/C9H19NOS2/c1-5-10(6-2)9(12)13-8(4)11-7-3/h8H,5-7H2,1-4H3/t8-/m0/s1. The van der Waals surface area contributed by atoms with Crippen LogP contribution in [0.15, 0.2) is 0 Å². The van der Waals surface area contributed by atoms with Crippen LogP contribution in [-0.2, 0) is 4.74 Å². The molecule has 0 aliphatic rings. The lowest BCUT2D eigenvalue weighted by Gasteiger charge is -2.22. The fraction of sp³-hybridized carbons (Fsp3) is 0.889. The van der Waals surface area contributed by atoms with E-state index in [0.717, 1.165) is 24.0 Å². The molecule has 0 aromatic carbocycles. The Kier molecular flexibility index (Phi) is 7.71. The minimum absolute atomic E-state index is 0.165. The highest BCUT2D eigenvalue weighted by Gasteiger charge is 2.10. The summed E-state index contributed by atoms with van der Waals surface area (Å²) in [4.78, 5) is 2.16. The van der Waals surface area contributed by atoms with Crippen LogP contribution >= 0.6 is 24.0 Å². The molecule has 0 aliphatic heterocycles. The third-order valence-electron chi connectivity index (χ3n) is 1.69. The summed E-state index contributed by atoms with van der Waals surface area (Å²) in [7, 11) is 0. The number of hydrogen-bond acceptors (Lipinski definition) is 3. The molecule has 0 aromatic rings. The van der Waals surface area contributed by atoms with Gasteiger partial charge in [0, 0.05) is 19.7 Å². The maximum absolute atomic E-state index is 5.40. The first-order valence-corrected chi connectivity index (χ1v) is 6.01. The smallest absolute Gasteiger partial charge is 0.138 e. The van der Waals surface area contributed by atoms with E-state index in [2.05, 4.69) is 18.7 Å². The number of hydrogen-bond donors (Lipinski definition) is 0. The van der Waals surface area contributed by atoms with Crippen LogP contribution in [0.5, 0.6) is 0 Å². The molecule has 4 heteroatoms. The molecule has 78 valence electrons. The number of thiocarbonyl (C=S) groups is 1. The van der Waals surface area contributed by atoms with Crippen LogP contribution in [0.3, 0.4) is 0 Å². The normalized spacial score (nSPS) is 12.6. The van der Waals surface area contributed by atoms with Gasteiger partial charge in [-0.25, -0.2) is 0 Å². The van der Waals surface area contributed by atoms with Crippen molar-refractivity contribution in [1.29, 1.82) is 0 Å². The summed E-state index contributed by atoms with van der Waals surface area (Å²) in [5.74, 6) is 0. The summed E-state index contributed by atoms with van der Waals surface area (Å²) >= 11 is 6.89. The molecule has 0 aliphatic carbocycles. The summed E-state index contributed by atoms with van der Waals surface area (Å²) in [6.45, 7) is 10.9. The molecule has 0 radical (unpaired) electrons. The van der Waals surface area contributed by atoms with E-state index in [9.17, 15) is 0 Å². The van der Waals surface area contributed by atoms with Gasteiger partial charge in [-0.1, -0.05) is 24.0 Å². The highest BCUT2D eigenvalue weighted by Crippen LogP contribution is 2.16. The zero-order valence-electron chi connectivity index (χ0n) is 8.87. The lowest BCUT2D eigenvalue weighted by Crippen LogP contribution is -2.28. The van der Waals surface area contributed by atoms with Crippen molar-refractivity contribution in [2.24, 2.45) is 0 Å². The van der Waals surface area contributed by atoms with Crippen molar-refractivity contribution in [3.8, 4) is 0 Å². The monoisotopic (exact) mass is 221 g/mol. The molecule has 13 heavy (non-hydrogen) atoms. The SMILES string of the molecule is CCO[C@H](C)SC(=S)N(CC)CC. The van der Waals surface area contributed by atoms with E-state index in [0.29, 0.717) is 0 Å². The van der Waals surface area contributed by atoms with Crippen molar-refractivity contribution in [2.45, 2.75) is 33.1 Å². The van der Waals surface area contributed by atoms with Crippen LogP contribution < -0.4 is 0 Å². The van der Waals surface area contributed by atoms with Gasteiger partial charge in [0.2, 0.25) is 0 Å². The van der Waals surface area contributed by atoms with Gasteiger partial charge in [-0.15, -0.1) is 0 Å². The number of rotatable bonds is 5. The van der Waals surface area contributed by atoms with Crippen LogP contribution in [0.2, 0.25) is 0 Å². The molecule has 0 aromatic heterocycles. The Morgan fingerprint density at radius 3 is 2.31 bits per heavy atom. The van der Waals surface area contributed by atoms with E-state index in [1.165, 1.54) is 0 Å². The summed E-state index contributed by atoms with van der Waals surface area (Å²) in [6, 6.07) is 0. The predicted octanol–water partition coefficient (Wildman–Crippen LogP) is 2.73. The molecule has 0 heterocycles. The molecule has 0 bridgehead atoms. The van der Waals surface area contributed by atoms with Gasteiger partial charge in [-0.3, -0.25) is 0 Å². The minimum atomic E-state index is 0.165. The lowest BCUT2D eigenvalue weighted by molar-refractivity contribution is 0.138. The zero-order valence-corrected chi connectivity index (χ0v) is 10.5. The van der Waals surface area contributed by atoms with Crippen molar-refractivity contribution >= 4 is 28.3 Å². The molecule has 0 saturated heterocycles. The molecular weight excluding hydrogens is 202 g/mol. The van der Waals surface area contributed by atoms with E-state index in [1.807, 2.05) is 13.8 Å². The van der Waals surface area contributed by atoms with Crippen molar-refractivity contribution in [1.82, 2.24) is 4.90 Å². The Balaban J connectivity index is 3.83. The molecule has 0 N–H and O–H groups in total. The van der Waals surface area contributed by atoms with Crippen LogP contribution in [0.4, 0.5) is 0 Å². The zero-order chi connectivity index (χ0) is 10.3. The molecule has 0 fully saturated rings. The second-order valence-corrected chi connectivity index (χ2v) is 4.51. The summed E-state index contributed by atoms with van der Waals surface area (Å²) in [5, 5.41) is 0. The number of nitrogens with zero attached hydrogens (tertiary/aromatic N) is 1. The van der Waals surface area contributed by atoms with E-state index < -0.39 is 0 Å². The Morgan fingerprint density at radius 2 is 1.92 bits per heavy atom. The van der Waals surface area contributed by atoms with Crippen molar-refractivity contribution in [3.05, 3.63) is 0 Å². The molecule has 1 atom stereocenters. The second kappa shape index (κ2) is 7.59. The predicted molar refractivity (Wildman–Crippen MR) is 64.2 cm³/mol. The fourth-order valence-corrected chi connectivity index (χ4v) is 2.53. The molecule has 0 amide bonds. The average Bonchev–Trinajstić information content (AvgIpc) is 2.06. The highest BCUT2D eigenvalue weighted by atomic mass is 32.2. The Hall–Kier alpha value is 0.200. The Morgan fingerprint density at radius 1 is 1.38 bits per heavy atom. The third kappa shape index (κ3) is 5.49. The van der Waals surface area contributed by atoms with Crippen LogP contribution in [0.25, 0.3) is 0 Å². The van der Waals surface area contributed by atoms with Gasteiger partial charge >= 0.3 is 0 Å². The quantitative estimate of drug-likeness (QED) is 0.522. The van der Waals surface area contributed by atoms with Gasteiger partial charge in [0.05, 0.1) is 0 Å². The van der Waals surface area contributed by atoms with Crippen molar-refractivity contribution in [3.63, 3.8) is 0 Å². The fourth-order valence-electron chi connectivity index (χ4n) is 0.967. The maximum atomic E-state index is 5.40. The van der Waals surface area contributed by atoms with E-state index >= 15 is 0 Å². The van der Waals surface area contributed by atoms with E-state index in [-0.39, 0.29) is 5.44 Å². The molecule has 2 nitrogen and oxygen atoms in total. The van der Waals surface area contributed by atoms with Crippen LogP contribution in [0.1, 0.15) is 27.7 Å².